The number of nitrogens with one attached hydrogen (secondary N) is 1. The van der Waals surface area contributed by atoms with E-state index in [-0.39, 0.29) is 12.1 Å². The normalized spacial score (nSPS) is 18.2. The van der Waals surface area contributed by atoms with Gasteiger partial charge in [-0.15, -0.1) is 0 Å². The third-order valence-corrected chi connectivity index (χ3v) is 3.71. The SMILES string of the molecule is COc1cc(C)c(C2CN(C#N)C(=O)N2)c(C)c1C. The number of benzene rings is 1. The number of ether oxygens (including phenoxy) is 1. The zero-order valence-electron chi connectivity index (χ0n) is 11.6. The second-order valence-corrected chi connectivity index (χ2v) is 4.77. The minimum absolute atomic E-state index is 0.142. The lowest BCUT2D eigenvalue weighted by Gasteiger charge is -2.19. The van der Waals surface area contributed by atoms with Crippen LogP contribution in [0.5, 0.6) is 5.75 Å². The third kappa shape index (κ3) is 2.10. The second-order valence-electron chi connectivity index (χ2n) is 4.77. The summed E-state index contributed by atoms with van der Waals surface area (Å²) in [6.45, 7) is 6.38. The molecule has 100 valence electrons. The summed E-state index contributed by atoms with van der Waals surface area (Å²) in [5, 5.41) is 11.7. The molecule has 5 nitrogen and oxygen atoms in total. The Labute approximate surface area is 112 Å². The standard InChI is InChI=1S/C14H17N3O2/c1-8-5-12(19-4)9(2)10(3)13(8)11-6-17(7-15)14(18)16-11/h5,11H,6H2,1-4H3,(H,16,18). The average Bonchev–Trinajstić information content (AvgIpc) is 2.75. The largest absolute Gasteiger partial charge is 0.496 e. The van der Waals surface area contributed by atoms with Gasteiger partial charge in [0, 0.05) is 0 Å². The summed E-state index contributed by atoms with van der Waals surface area (Å²) in [5.74, 6) is 0.847. The van der Waals surface area contributed by atoms with Crippen LogP contribution in [0.25, 0.3) is 0 Å². The van der Waals surface area contributed by atoms with Crippen molar-refractivity contribution < 1.29 is 9.53 Å². The Bertz CT molecular complexity index is 575. The first-order valence-electron chi connectivity index (χ1n) is 6.12. The molecule has 0 saturated carbocycles. The van der Waals surface area contributed by atoms with Crippen molar-refractivity contribution in [3.8, 4) is 11.9 Å². The number of methoxy groups -OCH3 is 1. The van der Waals surface area contributed by atoms with Gasteiger partial charge in [0.25, 0.3) is 0 Å². The van der Waals surface area contributed by atoms with Crippen LogP contribution in [0, 0.1) is 32.2 Å². The van der Waals surface area contributed by atoms with Crippen LogP contribution in [-0.4, -0.2) is 24.6 Å². The van der Waals surface area contributed by atoms with Crippen LogP contribution in [0.3, 0.4) is 0 Å². The number of nitrogens with zero attached hydrogens (tertiary/aromatic N) is 2. The molecular formula is C14H17N3O2. The summed E-state index contributed by atoms with van der Waals surface area (Å²) in [4.78, 5) is 12.7. The van der Waals surface area contributed by atoms with Crippen LogP contribution in [-0.2, 0) is 0 Å². The van der Waals surface area contributed by atoms with Gasteiger partial charge < -0.3 is 10.1 Å². The highest BCUT2D eigenvalue weighted by atomic mass is 16.5. The Balaban J connectivity index is 2.45. The second kappa shape index (κ2) is 4.81. The van der Waals surface area contributed by atoms with Crippen molar-refractivity contribution in [2.45, 2.75) is 26.8 Å². The van der Waals surface area contributed by atoms with Crippen molar-refractivity contribution in [1.29, 1.82) is 5.26 Å². The lowest BCUT2D eigenvalue weighted by Crippen LogP contribution is -2.24. The van der Waals surface area contributed by atoms with E-state index in [0.717, 1.165) is 32.9 Å². The molecule has 0 bridgehead atoms. The number of amides is 2. The molecular weight excluding hydrogens is 242 g/mol. The molecule has 19 heavy (non-hydrogen) atoms. The topological polar surface area (TPSA) is 65.4 Å². The molecule has 1 unspecified atom stereocenters. The molecule has 5 heteroatoms. The highest BCUT2D eigenvalue weighted by molar-refractivity contribution is 5.79. The number of rotatable bonds is 2. The van der Waals surface area contributed by atoms with Gasteiger partial charge in [-0.2, -0.15) is 5.26 Å². The Morgan fingerprint density at radius 1 is 1.42 bits per heavy atom. The molecule has 0 radical (unpaired) electrons. The number of urea groups is 1. The van der Waals surface area contributed by atoms with E-state index in [0.29, 0.717) is 6.54 Å². The van der Waals surface area contributed by atoms with Crippen molar-refractivity contribution in [3.05, 3.63) is 28.3 Å². The van der Waals surface area contributed by atoms with Gasteiger partial charge in [-0.05, 0) is 49.1 Å². The summed E-state index contributed by atoms with van der Waals surface area (Å²) in [6.07, 6.45) is 1.89. The zero-order chi connectivity index (χ0) is 14.2. The Hall–Kier alpha value is -2.22. The van der Waals surface area contributed by atoms with E-state index in [1.165, 1.54) is 0 Å². The molecule has 0 spiro atoms. The highest BCUT2D eigenvalue weighted by Gasteiger charge is 2.32. The van der Waals surface area contributed by atoms with E-state index in [1.807, 2.05) is 33.0 Å². The Kier molecular flexibility index (Phi) is 3.34. The van der Waals surface area contributed by atoms with E-state index >= 15 is 0 Å². The molecule has 1 atom stereocenters. The van der Waals surface area contributed by atoms with E-state index < -0.39 is 0 Å². The molecule has 1 aromatic carbocycles. The molecule has 1 heterocycles. The molecule has 1 aliphatic heterocycles. The summed E-state index contributed by atoms with van der Waals surface area (Å²) in [7, 11) is 1.65. The number of carbonyl (C=O) groups is 1. The van der Waals surface area contributed by atoms with Gasteiger partial charge in [0.15, 0.2) is 6.19 Å². The van der Waals surface area contributed by atoms with E-state index in [2.05, 4.69) is 5.32 Å². The van der Waals surface area contributed by atoms with Crippen molar-refractivity contribution in [1.82, 2.24) is 10.2 Å². The van der Waals surface area contributed by atoms with Gasteiger partial charge in [-0.1, -0.05) is 0 Å². The number of nitriles is 1. The summed E-state index contributed by atoms with van der Waals surface area (Å²) >= 11 is 0. The number of carbonyl (C=O) groups excluding carboxylic acids is 1. The maximum absolute atomic E-state index is 11.6. The maximum Gasteiger partial charge on any atom is 0.331 e. The predicted molar refractivity (Wildman–Crippen MR) is 70.8 cm³/mol. The molecule has 1 fully saturated rings. The molecule has 1 N–H and O–H groups in total. The fraction of sp³-hybridized carbons (Fsp3) is 0.429. The zero-order valence-corrected chi connectivity index (χ0v) is 11.6. The van der Waals surface area contributed by atoms with Gasteiger partial charge >= 0.3 is 6.03 Å². The van der Waals surface area contributed by atoms with Crippen LogP contribution in [0.4, 0.5) is 4.79 Å². The Morgan fingerprint density at radius 2 is 2.11 bits per heavy atom. The monoisotopic (exact) mass is 259 g/mol. The fourth-order valence-corrected chi connectivity index (χ4v) is 2.60. The first-order valence-corrected chi connectivity index (χ1v) is 6.12. The molecule has 2 amide bonds. The molecule has 0 aliphatic carbocycles. The molecule has 1 aromatic rings. The van der Waals surface area contributed by atoms with Crippen LogP contribution in [0.1, 0.15) is 28.3 Å². The quantitative estimate of drug-likeness (QED) is 0.828. The van der Waals surface area contributed by atoms with Gasteiger partial charge in [-0.25, -0.2) is 9.69 Å². The first-order chi connectivity index (χ1) is 8.99. The Morgan fingerprint density at radius 3 is 2.63 bits per heavy atom. The summed E-state index contributed by atoms with van der Waals surface area (Å²) in [5.41, 5.74) is 4.30. The smallest absolute Gasteiger partial charge is 0.331 e. The van der Waals surface area contributed by atoms with Crippen LogP contribution in [0.15, 0.2) is 6.07 Å². The fourth-order valence-electron chi connectivity index (χ4n) is 2.60. The van der Waals surface area contributed by atoms with E-state index in [9.17, 15) is 4.79 Å². The highest BCUT2D eigenvalue weighted by Crippen LogP contribution is 2.33. The van der Waals surface area contributed by atoms with Gasteiger partial charge in [0.2, 0.25) is 0 Å². The first kappa shape index (κ1) is 13.2. The maximum atomic E-state index is 11.6. The molecule has 1 aliphatic rings. The van der Waals surface area contributed by atoms with Gasteiger partial charge in [0.1, 0.15) is 5.75 Å². The minimum Gasteiger partial charge on any atom is -0.496 e. The number of hydrogen-bond donors (Lipinski definition) is 1. The van der Waals surface area contributed by atoms with E-state index in [1.54, 1.807) is 7.11 Å². The predicted octanol–water partition coefficient (Wildman–Crippen LogP) is 2.17. The lowest BCUT2D eigenvalue weighted by atomic mass is 9.92. The van der Waals surface area contributed by atoms with Crippen LogP contribution in [0.2, 0.25) is 0 Å². The number of hydrogen-bond acceptors (Lipinski definition) is 3. The van der Waals surface area contributed by atoms with Gasteiger partial charge in [-0.3, -0.25) is 0 Å². The van der Waals surface area contributed by atoms with Crippen molar-refractivity contribution in [2.75, 3.05) is 13.7 Å². The van der Waals surface area contributed by atoms with Crippen molar-refractivity contribution in [2.24, 2.45) is 0 Å². The summed E-state index contributed by atoms with van der Waals surface area (Å²) in [6, 6.07) is 1.50. The van der Waals surface area contributed by atoms with Crippen LogP contribution >= 0.6 is 0 Å². The molecule has 2 rings (SSSR count). The molecule has 0 aromatic heterocycles. The lowest BCUT2D eigenvalue weighted by molar-refractivity contribution is 0.232. The van der Waals surface area contributed by atoms with Crippen molar-refractivity contribution in [3.63, 3.8) is 0 Å². The van der Waals surface area contributed by atoms with Crippen LogP contribution < -0.4 is 10.1 Å². The minimum atomic E-state index is -0.334. The third-order valence-electron chi connectivity index (χ3n) is 3.71. The van der Waals surface area contributed by atoms with E-state index in [4.69, 9.17) is 10.00 Å². The van der Waals surface area contributed by atoms with Gasteiger partial charge in [0.05, 0.1) is 19.7 Å². The number of aryl methyl sites for hydroxylation is 1. The molecule has 1 saturated heterocycles. The van der Waals surface area contributed by atoms with Crippen molar-refractivity contribution >= 4 is 6.03 Å². The average molecular weight is 259 g/mol. The summed E-state index contributed by atoms with van der Waals surface area (Å²) < 4.78 is 5.34.